The third-order valence-electron chi connectivity index (χ3n) is 5.83. The van der Waals surface area contributed by atoms with E-state index in [9.17, 15) is 4.79 Å². The summed E-state index contributed by atoms with van der Waals surface area (Å²) in [6.07, 6.45) is -0.531. The quantitative estimate of drug-likeness (QED) is 0.327. The highest BCUT2D eigenvalue weighted by molar-refractivity contribution is 5.98. The predicted molar refractivity (Wildman–Crippen MR) is 128 cm³/mol. The molecule has 34 heavy (non-hydrogen) atoms. The topological polar surface area (TPSA) is 66.9 Å². The summed E-state index contributed by atoms with van der Waals surface area (Å²) in [5.74, 6) is 0.298. The number of ether oxygens (including phenoxy) is 4. The predicted octanol–water partition coefficient (Wildman–Crippen LogP) is 5.83. The lowest BCUT2D eigenvalue weighted by molar-refractivity contribution is -0.147. The fourth-order valence-electron chi connectivity index (χ4n) is 4.20. The smallest absolute Gasteiger partial charge is 0.338 e. The van der Waals surface area contributed by atoms with Gasteiger partial charge in [-0.05, 0) is 48.4 Å². The lowest BCUT2D eigenvalue weighted by Crippen LogP contribution is -2.07. The third kappa shape index (κ3) is 4.25. The number of carbonyl (C=O) groups excluding carboxylic acids is 1. The Hall–Kier alpha value is -3.74. The zero-order chi connectivity index (χ0) is 23.5. The highest BCUT2D eigenvalue weighted by Gasteiger charge is 2.26. The molecule has 1 unspecified atom stereocenters. The number of hydrogen-bond donors (Lipinski definition) is 0. The minimum atomic E-state index is -0.531. The van der Waals surface area contributed by atoms with Crippen molar-refractivity contribution >= 4 is 16.9 Å². The first-order chi connectivity index (χ1) is 16.7. The SMILES string of the molecule is CCOC(=O)c1ccccc1-c1cc(COC2OCc3cc4ccccc4nc32)ccc1OC. The average Bonchev–Trinajstić information content (AvgIpc) is 3.27. The Balaban J connectivity index is 1.41. The van der Waals surface area contributed by atoms with Gasteiger partial charge >= 0.3 is 5.97 Å². The van der Waals surface area contributed by atoms with Gasteiger partial charge in [0.1, 0.15) is 11.4 Å². The van der Waals surface area contributed by atoms with Crippen molar-refractivity contribution in [3.63, 3.8) is 0 Å². The van der Waals surface area contributed by atoms with E-state index in [2.05, 4.69) is 6.07 Å². The fourth-order valence-corrected chi connectivity index (χ4v) is 4.20. The van der Waals surface area contributed by atoms with Gasteiger partial charge in [0.25, 0.3) is 0 Å². The van der Waals surface area contributed by atoms with Gasteiger partial charge in [-0.1, -0.05) is 42.5 Å². The van der Waals surface area contributed by atoms with Crippen molar-refractivity contribution in [3.8, 4) is 16.9 Å². The molecule has 3 aromatic carbocycles. The maximum Gasteiger partial charge on any atom is 0.338 e. The number of pyridine rings is 1. The van der Waals surface area contributed by atoms with Gasteiger partial charge in [0.2, 0.25) is 6.29 Å². The van der Waals surface area contributed by atoms with E-state index in [1.54, 1.807) is 20.1 Å². The molecule has 6 nitrogen and oxygen atoms in total. The molecular formula is C28H25NO5. The number of esters is 1. The molecule has 1 aliphatic heterocycles. The molecule has 1 aliphatic rings. The van der Waals surface area contributed by atoms with Gasteiger partial charge < -0.3 is 18.9 Å². The largest absolute Gasteiger partial charge is 0.496 e. The van der Waals surface area contributed by atoms with E-state index in [-0.39, 0.29) is 5.97 Å². The van der Waals surface area contributed by atoms with Crippen LogP contribution in [0.15, 0.2) is 72.8 Å². The van der Waals surface area contributed by atoms with Crippen LogP contribution in [0.5, 0.6) is 5.75 Å². The number of benzene rings is 3. The molecule has 0 amide bonds. The summed E-state index contributed by atoms with van der Waals surface area (Å²) < 4.78 is 22.8. The fraction of sp³-hybridized carbons (Fsp3) is 0.214. The summed E-state index contributed by atoms with van der Waals surface area (Å²) in [6, 6.07) is 23.3. The summed E-state index contributed by atoms with van der Waals surface area (Å²) in [4.78, 5) is 17.3. The minimum Gasteiger partial charge on any atom is -0.496 e. The van der Waals surface area contributed by atoms with E-state index in [1.165, 1.54) is 0 Å². The Morgan fingerprint density at radius 2 is 1.85 bits per heavy atom. The normalized spacial score (nSPS) is 14.7. The molecule has 0 saturated carbocycles. The Kier molecular flexibility index (Phi) is 6.25. The molecule has 0 fully saturated rings. The molecule has 5 rings (SSSR count). The number of aromatic nitrogens is 1. The number of rotatable bonds is 7. The van der Waals surface area contributed by atoms with Crippen molar-refractivity contribution in [3.05, 3.63) is 95.2 Å². The molecule has 1 aromatic heterocycles. The maximum absolute atomic E-state index is 12.5. The molecule has 6 heteroatoms. The zero-order valence-electron chi connectivity index (χ0n) is 19.1. The summed E-state index contributed by atoms with van der Waals surface area (Å²) in [5.41, 5.74) is 5.74. The van der Waals surface area contributed by atoms with E-state index >= 15 is 0 Å². The molecule has 0 spiro atoms. The van der Waals surface area contributed by atoms with Gasteiger partial charge in [-0.15, -0.1) is 0 Å². The molecule has 0 aliphatic carbocycles. The van der Waals surface area contributed by atoms with E-state index in [4.69, 9.17) is 23.9 Å². The van der Waals surface area contributed by atoms with Gasteiger partial charge in [0.05, 0.1) is 38.0 Å². The number of para-hydroxylation sites is 1. The Morgan fingerprint density at radius 3 is 2.71 bits per heavy atom. The first-order valence-electron chi connectivity index (χ1n) is 11.2. The third-order valence-corrected chi connectivity index (χ3v) is 5.83. The van der Waals surface area contributed by atoms with Crippen molar-refractivity contribution in [1.82, 2.24) is 4.98 Å². The van der Waals surface area contributed by atoms with Crippen molar-refractivity contribution in [2.45, 2.75) is 26.4 Å². The van der Waals surface area contributed by atoms with Crippen LogP contribution in [0.4, 0.5) is 0 Å². The summed E-state index contributed by atoms with van der Waals surface area (Å²) in [5, 5.41) is 1.09. The van der Waals surface area contributed by atoms with Crippen LogP contribution in [0.2, 0.25) is 0 Å². The van der Waals surface area contributed by atoms with Crippen LogP contribution in [0.25, 0.3) is 22.0 Å². The molecule has 4 aromatic rings. The first-order valence-corrected chi connectivity index (χ1v) is 11.2. The van der Waals surface area contributed by atoms with Gasteiger partial charge in [0, 0.05) is 16.5 Å². The zero-order valence-corrected chi connectivity index (χ0v) is 19.1. The van der Waals surface area contributed by atoms with Crippen LogP contribution < -0.4 is 4.74 Å². The Morgan fingerprint density at radius 1 is 1.03 bits per heavy atom. The Bertz CT molecular complexity index is 1350. The van der Waals surface area contributed by atoms with Crippen molar-refractivity contribution in [1.29, 1.82) is 0 Å². The van der Waals surface area contributed by atoms with E-state index < -0.39 is 6.29 Å². The van der Waals surface area contributed by atoms with Crippen LogP contribution in [0.1, 0.15) is 40.4 Å². The summed E-state index contributed by atoms with van der Waals surface area (Å²) in [6.45, 7) is 2.89. The minimum absolute atomic E-state index is 0.310. The molecular weight excluding hydrogens is 430 g/mol. The van der Waals surface area contributed by atoms with Crippen LogP contribution in [0, 0.1) is 0 Å². The molecule has 0 bridgehead atoms. The number of carbonyl (C=O) groups is 1. The van der Waals surface area contributed by atoms with Crippen molar-refractivity contribution in [2.75, 3.05) is 13.7 Å². The molecule has 1 atom stereocenters. The number of methoxy groups -OCH3 is 1. The average molecular weight is 456 g/mol. The number of fused-ring (bicyclic) bond motifs is 2. The molecule has 0 N–H and O–H groups in total. The lowest BCUT2D eigenvalue weighted by Gasteiger charge is -2.16. The molecule has 172 valence electrons. The lowest BCUT2D eigenvalue weighted by atomic mass is 9.97. The summed E-state index contributed by atoms with van der Waals surface area (Å²) >= 11 is 0. The van der Waals surface area contributed by atoms with Crippen LogP contribution in [0.3, 0.4) is 0 Å². The highest BCUT2D eigenvalue weighted by Crippen LogP contribution is 2.36. The molecule has 0 saturated heterocycles. The first kappa shape index (κ1) is 22.1. The van der Waals surface area contributed by atoms with Crippen molar-refractivity contribution in [2.24, 2.45) is 0 Å². The second-order valence-corrected chi connectivity index (χ2v) is 7.98. The second kappa shape index (κ2) is 9.63. The molecule has 0 radical (unpaired) electrons. The van der Waals surface area contributed by atoms with E-state index in [0.29, 0.717) is 31.1 Å². The molecule has 2 heterocycles. The standard InChI is InChI=1S/C28H25NO5/c1-3-32-27(30)22-10-6-5-9-21(22)23-14-18(12-13-25(23)31-2)16-33-28-26-20(17-34-28)15-19-8-4-7-11-24(19)29-26/h4-15,28H,3,16-17H2,1-2H3. The Labute approximate surface area is 198 Å². The van der Waals surface area contributed by atoms with Crippen LogP contribution in [-0.4, -0.2) is 24.7 Å². The highest BCUT2D eigenvalue weighted by atomic mass is 16.7. The van der Waals surface area contributed by atoms with Crippen molar-refractivity contribution < 1.29 is 23.7 Å². The van der Waals surface area contributed by atoms with Gasteiger partial charge in [-0.25, -0.2) is 9.78 Å². The van der Waals surface area contributed by atoms with Crippen LogP contribution in [-0.2, 0) is 27.4 Å². The van der Waals surface area contributed by atoms with Gasteiger partial charge in [0.15, 0.2) is 0 Å². The number of hydrogen-bond acceptors (Lipinski definition) is 6. The van der Waals surface area contributed by atoms with Crippen LogP contribution >= 0.6 is 0 Å². The summed E-state index contributed by atoms with van der Waals surface area (Å²) in [7, 11) is 1.61. The van der Waals surface area contributed by atoms with Gasteiger partial charge in [-0.3, -0.25) is 0 Å². The second-order valence-electron chi connectivity index (χ2n) is 7.98. The maximum atomic E-state index is 12.5. The van der Waals surface area contributed by atoms with E-state index in [0.717, 1.165) is 38.9 Å². The monoisotopic (exact) mass is 455 g/mol. The van der Waals surface area contributed by atoms with E-state index in [1.807, 2.05) is 60.7 Å². The van der Waals surface area contributed by atoms with Gasteiger partial charge in [-0.2, -0.15) is 0 Å². The number of nitrogens with zero attached hydrogens (tertiary/aromatic N) is 1.